The molecule has 0 aromatic heterocycles. The SMILES string of the molecule is CSc1ccccc1P(=O)(OC(C)C)OC(C)C. The fraction of sp³-hybridized carbons (Fsp3) is 0.538. The van der Waals surface area contributed by atoms with E-state index in [1.165, 1.54) is 0 Å². The third kappa shape index (κ3) is 4.13. The van der Waals surface area contributed by atoms with E-state index in [1.54, 1.807) is 11.8 Å². The van der Waals surface area contributed by atoms with E-state index in [4.69, 9.17) is 9.05 Å². The maximum atomic E-state index is 13.0. The highest BCUT2D eigenvalue weighted by molar-refractivity contribution is 7.99. The fourth-order valence-corrected chi connectivity index (χ4v) is 4.65. The largest absolute Gasteiger partial charge is 0.362 e. The molecule has 0 atom stereocenters. The van der Waals surface area contributed by atoms with Crippen LogP contribution >= 0.6 is 19.4 Å². The van der Waals surface area contributed by atoms with Gasteiger partial charge < -0.3 is 9.05 Å². The van der Waals surface area contributed by atoms with E-state index >= 15 is 0 Å². The third-order valence-corrected chi connectivity index (χ3v) is 5.40. The van der Waals surface area contributed by atoms with Gasteiger partial charge in [-0.3, -0.25) is 4.57 Å². The van der Waals surface area contributed by atoms with Crippen molar-refractivity contribution in [3.05, 3.63) is 24.3 Å². The van der Waals surface area contributed by atoms with Crippen LogP contribution in [0.4, 0.5) is 0 Å². The number of hydrogen-bond acceptors (Lipinski definition) is 4. The average molecular weight is 288 g/mol. The molecule has 1 aromatic carbocycles. The minimum absolute atomic E-state index is 0.149. The Hall–Kier alpha value is -0.280. The third-order valence-electron chi connectivity index (χ3n) is 2.08. The van der Waals surface area contributed by atoms with Gasteiger partial charge in [-0.25, -0.2) is 0 Å². The number of thioether (sulfide) groups is 1. The first-order valence-corrected chi connectivity index (χ1v) is 8.76. The van der Waals surface area contributed by atoms with Crippen LogP contribution in [0, 0.1) is 0 Å². The molecule has 0 N–H and O–H groups in total. The first-order chi connectivity index (χ1) is 8.39. The molecule has 0 amide bonds. The van der Waals surface area contributed by atoms with Crippen molar-refractivity contribution in [3.8, 4) is 0 Å². The van der Waals surface area contributed by atoms with Crippen molar-refractivity contribution in [2.75, 3.05) is 6.26 Å². The zero-order valence-electron chi connectivity index (χ0n) is 11.5. The quantitative estimate of drug-likeness (QED) is 0.584. The van der Waals surface area contributed by atoms with Crippen LogP contribution in [0.1, 0.15) is 27.7 Å². The Morgan fingerprint density at radius 2 is 1.56 bits per heavy atom. The van der Waals surface area contributed by atoms with Gasteiger partial charge in [-0.1, -0.05) is 12.1 Å². The molecule has 0 aliphatic heterocycles. The maximum Gasteiger partial charge on any atom is 0.362 e. The van der Waals surface area contributed by atoms with Crippen LogP contribution in [0.5, 0.6) is 0 Å². The molecule has 0 radical (unpaired) electrons. The van der Waals surface area contributed by atoms with Gasteiger partial charge >= 0.3 is 7.60 Å². The highest BCUT2D eigenvalue weighted by Crippen LogP contribution is 2.51. The first-order valence-electron chi connectivity index (χ1n) is 5.99. The lowest BCUT2D eigenvalue weighted by molar-refractivity contribution is 0.150. The Labute approximate surface area is 114 Å². The molecule has 0 heterocycles. The van der Waals surface area contributed by atoms with Crippen LogP contribution in [-0.2, 0) is 13.6 Å². The van der Waals surface area contributed by atoms with Crippen molar-refractivity contribution in [1.29, 1.82) is 0 Å². The molecule has 0 fully saturated rings. The number of benzene rings is 1. The van der Waals surface area contributed by atoms with Gasteiger partial charge in [0.2, 0.25) is 0 Å². The normalized spacial score (nSPS) is 12.4. The molecular formula is C13H21O3PS. The Kier molecular flexibility index (Phi) is 5.93. The summed E-state index contributed by atoms with van der Waals surface area (Å²) in [6, 6.07) is 7.52. The average Bonchev–Trinajstić information content (AvgIpc) is 2.26. The van der Waals surface area contributed by atoms with Crippen molar-refractivity contribution < 1.29 is 13.6 Å². The zero-order chi connectivity index (χ0) is 13.8. The molecule has 102 valence electrons. The van der Waals surface area contributed by atoms with E-state index in [9.17, 15) is 4.57 Å². The lowest BCUT2D eigenvalue weighted by Crippen LogP contribution is -2.18. The van der Waals surface area contributed by atoms with Gasteiger partial charge in [-0.05, 0) is 46.1 Å². The summed E-state index contributed by atoms with van der Waals surface area (Å²) < 4.78 is 24.2. The van der Waals surface area contributed by atoms with E-state index in [2.05, 4.69) is 0 Å². The van der Waals surface area contributed by atoms with E-state index in [1.807, 2.05) is 58.2 Å². The molecule has 0 spiro atoms. The monoisotopic (exact) mass is 288 g/mol. The molecule has 18 heavy (non-hydrogen) atoms. The van der Waals surface area contributed by atoms with Crippen LogP contribution in [0.3, 0.4) is 0 Å². The number of hydrogen-bond donors (Lipinski definition) is 0. The molecule has 0 aliphatic carbocycles. The minimum Gasteiger partial charge on any atom is -0.302 e. The number of rotatable bonds is 6. The summed E-state index contributed by atoms with van der Waals surface area (Å²) in [5.74, 6) is 0. The van der Waals surface area contributed by atoms with Crippen molar-refractivity contribution in [2.24, 2.45) is 0 Å². The summed E-state index contributed by atoms with van der Waals surface area (Å²) in [6.45, 7) is 7.44. The van der Waals surface area contributed by atoms with Crippen molar-refractivity contribution in [2.45, 2.75) is 44.8 Å². The van der Waals surface area contributed by atoms with Gasteiger partial charge in [0.1, 0.15) is 0 Å². The summed E-state index contributed by atoms with van der Waals surface area (Å²) in [5.41, 5.74) is 0. The summed E-state index contributed by atoms with van der Waals surface area (Å²) >= 11 is 1.54. The van der Waals surface area contributed by atoms with Crippen LogP contribution in [-0.4, -0.2) is 18.5 Å². The van der Waals surface area contributed by atoms with Gasteiger partial charge in [0.25, 0.3) is 0 Å². The highest BCUT2D eigenvalue weighted by atomic mass is 32.2. The van der Waals surface area contributed by atoms with E-state index in [0.29, 0.717) is 5.30 Å². The molecule has 0 unspecified atom stereocenters. The molecule has 1 aromatic rings. The van der Waals surface area contributed by atoms with E-state index < -0.39 is 7.60 Å². The highest BCUT2D eigenvalue weighted by Gasteiger charge is 2.32. The van der Waals surface area contributed by atoms with Gasteiger partial charge in [-0.15, -0.1) is 11.8 Å². The minimum atomic E-state index is -3.26. The van der Waals surface area contributed by atoms with Gasteiger partial charge in [0.15, 0.2) is 0 Å². The lowest BCUT2D eigenvalue weighted by Gasteiger charge is -2.24. The van der Waals surface area contributed by atoms with Crippen molar-refractivity contribution >= 4 is 24.7 Å². The van der Waals surface area contributed by atoms with Crippen molar-refractivity contribution in [3.63, 3.8) is 0 Å². The predicted molar refractivity (Wildman–Crippen MR) is 77.9 cm³/mol. The molecule has 0 saturated heterocycles. The molecule has 0 bridgehead atoms. The summed E-state index contributed by atoms with van der Waals surface area (Å²) in [6.07, 6.45) is 1.66. The molecule has 0 aliphatic rings. The van der Waals surface area contributed by atoms with Gasteiger partial charge in [0, 0.05) is 4.90 Å². The molecule has 1 rings (SSSR count). The summed E-state index contributed by atoms with van der Waals surface area (Å²) in [5, 5.41) is 0.653. The van der Waals surface area contributed by atoms with Crippen LogP contribution < -0.4 is 5.30 Å². The van der Waals surface area contributed by atoms with Gasteiger partial charge in [0.05, 0.1) is 17.5 Å². The topological polar surface area (TPSA) is 35.5 Å². The lowest BCUT2D eigenvalue weighted by atomic mass is 10.4. The Balaban J connectivity index is 3.20. The molecule has 3 nitrogen and oxygen atoms in total. The molecule has 5 heteroatoms. The first kappa shape index (κ1) is 15.8. The Morgan fingerprint density at radius 1 is 1.06 bits per heavy atom. The second kappa shape index (κ2) is 6.76. The predicted octanol–water partition coefficient (Wildman–Crippen LogP) is 4.08. The molecular weight excluding hydrogens is 267 g/mol. The summed E-state index contributed by atoms with van der Waals surface area (Å²) in [7, 11) is -3.26. The zero-order valence-corrected chi connectivity index (χ0v) is 13.3. The van der Waals surface area contributed by atoms with Crippen molar-refractivity contribution in [1.82, 2.24) is 0 Å². The summed E-state index contributed by atoms with van der Waals surface area (Å²) in [4.78, 5) is 0.933. The Bertz CT molecular complexity index is 418. The Morgan fingerprint density at radius 3 is 2.00 bits per heavy atom. The standard InChI is InChI=1S/C13H21O3PS/c1-10(2)15-17(14,16-11(3)4)12-8-6-7-9-13(12)18-5/h6-11H,1-5H3. The fourth-order valence-electron chi connectivity index (χ4n) is 1.55. The van der Waals surface area contributed by atoms with Crippen LogP contribution in [0.15, 0.2) is 29.2 Å². The maximum absolute atomic E-state index is 13.0. The van der Waals surface area contributed by atoms with Crippen LogP contribution in [0.25, 0.3) is 0 Å². The molecule has 0 saturated carbocycles. The van der Waals surface area contributed by atoms with Crippen LogP contribution in [0.2, 0.25) is 0 Å². The van der Waals surface area contributed by atoms with Gasteiger partial charge in [-0.2, -0.15) is 0 Å². The second-order valence-electron chi connectivity index (χ2n) is 4.48. The smallest absolute Gasteiger partial charge is 0.302 e. The van der Waals surface area contributed by atoms with E-state index in [0.717, 1.165) is 4.90 Å². The van der Waals surface area contributed by atoms with E-state index in [-0.39, 0.29) is 12.2 Å². The second-order valence-corrected chi connectivity index (χ2v) is 7.22.